The molecule has 6 nitrogen and oxygen atoms in total. The van der Waals surface area contributed by atoms with Gasteiger partial charge in [0.15, 0.2) is 4.80 Å². The maximum atomic E-state index is 13.8. The van der Waals surface area contributed by atoms with Gasteiger partial charge >= 0.3 is 5.97 Å². The van der Waals surface area contributed by atoms with Crippen molar-refractivity contribution in [2.75, 3.05) is 13.2 Å². The molecule has 0 aliphatic carbocycles. The fraction of sp³-hybridized carbons (Fsp3) is 0.192. The molecule has 1 aliphatic heterocycles. The van der Waals surface area contributed by atoms with Crippen molar-refractivity contribution in [1.29, 1.82) is 0 Å². The number of halogens is 3. The van der Waals surface area contributed by atoms with E-state index < -0.39 is 12.0 Å². The van der Waals surface area contributed by atoms with Crippen LogP contribution in [0.4, 0.5) is 0 Å². The molecule has 0 saturated carbocycles. The van der Waals surface area contributed by atoms with Gasteiger partial charge in [0, 0.05) is 15.1 Å². The van der Waals surface area contributed by atoms with Gasteiger partial charge in [-0.05, 0) is 66.3 Å². The number of hydrogen-bond acceptors (Lipinski definition) is 6. The van der Waals surface area contributed by atoms with Crippen molar-refractivity contribution in [2.24, 2.45) is 4.99 Å². The third-order valence-corrected chi connectivity index (χ3v) is 7.97. The van der Waals surface area contributed by atoms with Gasteiger partial charge in [-0.2, -0.15) is 0 Å². The molecule has 1 aliphatic rings. The molecule has 2 aromatic carbocycles. The summed E-state index contributed by atoms with van der Waals surface area (Å²) in [5, 5.41) is 0.440. The van der Waals surface area contributed by atoms with Gasteiger partial charge in [0.05, 0.1) is 26.0 Å². The molecule has 0 saturated heterocycles. The number of carbonyl (C=O) groups excluding carboxylic acids is 1. The number of nitrogens with zero attached hydrogens (tertiary/aromatic N) is 2. The second kappa shape index (κ2) is 11.5. The minimum atomic E-state index is -0.768. The Hall–Kier alpha value is -2.21. The van der Waals surface area contributed by atoms with Crippen molar-refractivity contribution in [3.05, 3.63) is 104 Å². The van der Waals surface area contributed by atoms with Gasteiger partial charge in [0.1, 0.15) is 18.4 Å². The summed E-state index contributed by atoms with van der Waals surface area (Å²) in [4.78, 5) is 31.9. The molecule has 0 bridgehead atoms. The van der Waals surface area contributed by atoms with Crippen LogP contribution in [0.1, 0.15) is 31.0 Å². The Morgan fingerprint density at radius 1 is 1.36 bits per heavy atom. The lowest BCUT2D eigenvalue weighted by molar-refractivity contribution is -0.139. The first-order valence-electron chi connectivity index (χ1n) is 10.9. The first kappa shape index (κ1) is 26.8. The third-order valence-electron chi connectivity index (χ3n) is 5.39. The van der Waals surface area contributed by atoms with Crippen molar-refractivity contribution < 1.29 is 14.3 Å². The van der Waals surface area contributed by atoms with Crippen LogP contribution in [0.5, 0.6) is 5.75 Å². The van der Waals surface area contributed by atoms with Gasteiger partial charge in [-0.15, -0.1) is 0 Å². The van der Waals surface area contributed by atoms with E-state index >= 15 is 0 Å². The molecule has 10 heteroatoms. The van der Waals surface area contributed by atoms with Gasteiger partial charge in [0.25, 0.3) is 5.56 Å². The third kappa shape index (κ3) is 5.25. The first-order chi connectivity index (χ1) is 17.3. The molecule has 2 heterocycles. The molecule has 3 aromatic rings. The van der Waals surface area contributed by atoms with Crippen LogP contribution in [0.2, 0.25) is 5.02 Å². The summed E-state index contributed by atoms with van der Waals surface area (Å²) in [6.45, 7) is 7.72. The van der Waals surface area contributed by atoms with Gasteiger partial charge in [-0.25, -0.2) is 9.79 Å². The number of esters is 1. The molecule has 0 N–H and O–H groups in total. The smallest absolute Gasteiger partial charge is 0.338 e. The minimum Gasteiger partial charge on any atom is -0.488 e. The van der Waals surface area contributed by atoms with Crippen LogP contribution in [0.15, 0.2) is 74.6 Å². The van der Waals surface area contributed by atoms with Crippen LogP contribution in [0.25, 0.3) is 6.08 Å². The maximum Gasteiger partial charge on any atom is 0.338 e. The Bertz CT molecular complexity index is 1580. The van der Waals surface area contributed by atoms with Crippen LogP contribution in [-0.4, -0.2) is 23.8 Å². The van der Waals surface area contributed by atoms with E-state index in [4.69, 9.17) is 21.1 Å². The Morgan fingerprint density at radius 2 is 2.11 bits per heavy atom. The SMILES string of the molecule is C=CCOc1c(I)cc(Br)cc1/C=c1\sc2n(c1=O)[C@@H](c1ccccc1Cl)C(C(=O)OCC)=C(C)N=2. The van der Waals surface area contributed by atoms with Crippen molar-refractivity contribution >= 4 is 73.5 Å². The molecule has 0 fully saturated rings. The van der Waals surface area contributed by atoms with Crippen LogP contribution < -0.4 is 19.6 Å². The standard InChI is InChI=1S/C26H21BrClIN2O4S/c1-4-10-35-23-15(11-16(27)13-19(23)29)12-20-24(32)31-22(17-8-6-7-9-18(17)28)21(25(33)34-5-2)14(3)30-26(31)36-20/h4,6-9,11-13,22H,1,5,10H2,2-3H3/b20-12-/t22-/m0/s1. The summed E-state index contributed by atoms with van der Waals surface area (Å²) in [6, 6.07) is 10.2. The average Bonchev–Trinajstić information content (AvgIpc) is 3.12. The number of fused-ring (bicyclic) bond motifs is 1. The monoisotopic (exact) mass is 698 g/mol. The van der Waals surface area contributed by atoms with E-state index in [1.54, 1.807) is 44.2 Å². The number of thiazole rings is 1. The van der Waals surface area contributed by atoms with Crippen LogP contribution in [0.3, 0.4) is 0 Å². The molecule has 4 rings (SSSR count). The molecular formula is C26H21BrClIN2O4S. The van der Waals surface area contributed by atoms with E-state index in [2.05, 4.69) is 50.1 Å². The Morgan fingerprint density at radius 3 is 2.81 bits per heavy atom. The number of allylic oxidation sites excluding steroid dienone is 1. The quantitative estimate of drug-likeness (QED) is 0.189. The van der Waals surface area contributed by atoms with Gasteiger partial charge in [-0.3, -0.25) is 9.36 Å². The van der Waals surface area contributed by atoms with E-state index in [1.165, 1.54) is 15.9 Å². The highest BCUT2D eigenvalue weighted by atomic mass is 127. The summed E-state index contributed by atoms with van der Waals surface area (Å²) in [5.41, 5.74) is 1.84. The fourth-order valence-corrected chi connectivity index (χ4v) is 6.89. The number of benzene rings is 2. The highest BCUT2D eigenvalue weighted by Crippen LogP contribution is 2.35. The molecule has 0 unspecified atom stereocenters. The number of hydrogen-bond donors (Lipinski definition) is 0. The lowest BCUT2D eigenvalue weighted by atomic mass is 9.96. The number of aromatic nitrogens is 1. The first-order valence-corrected chi connectivity index (χ1v) is 14.0. The van der Waals surface area contributed by atoms with Gasteiger partial charge in [-0.1, -0.05) is 69.7 Å². The summed E-state index contributed by atoms with van der Waals surface area (Å²) in [6.07, 6.45) is 3.45. The highest BCUT2D eigenvalue weighted by Gasteiger charge is 2.34. The maximum absolute atomic E-state index is 13.8. The minimum absolute atomic E-state index is 0.199. The van der Waals surface area contributed by atoms with Crippen LogP contribution >= 0.6 is 61.5 Å². The van der Waals surface area contributed by atoms with Crippen molar-refractivity contribution in [3.8, 4) is 5.75 Å². The number of rotatable bonds is 7. The lowest BCUT2D eigenvalue weighted by Gasteiger charge is -2.25. The zero-order valence-electron chi connectivity index (χ0n) is 19.4. The second-order valence-electron chi connectivity index (χ2n) is 7.73. The largest absolute Gasteiger partial charge is 0.488 e. The molecule has 1 aromatic heterocycles. The topological polar surface area (TPSA) is 69.9 Å². The fourth-order valence-electron chi connectivity index (χ4n) is 3.91. The van der Waals surface area contributed by atoms with E-state index in [1.807, 2.05) is 18.2 Å². The lowest BCUT2D eigenvalue weighted by Crippen LogP contribution is -2.40. The van der Waals surface area contributed by atoms with Crippen LogP contribution in [-0.2, 0) is 9.53 Å². The predicted molar refractivity (Wildman–Crippen MR) is 154 cm³/mol. The van der Waals surface area contributed by atoms with Crippen molar-refractivity contribution in [3.63, 3.8) is 0 Å². The summed E-state index contributed by atoms with van der Waals surface area (Å²) >= 11 is 13.5. The molecule has 0 spiro atoms. The van der Waals surface area contributed by atoms with Gasteiger partial charge < -0.3 is 9.47 Å². The molecule has 0 radical (unpaired) electrons. The van der Waals surface area contributed by atoms with Crippen molar-refractivity contribution in [1.82, 2.24) is 4.57 Å². The summed E-state index contributed by atoms with van der Waals surface area (Å²) in [5.74, 6) is 0.121. The van der Waals surface area contributed by atoms with E-state index in [0.29, 0.717) is 38.0 Å². The van der Waals surface area contributed by atoms with Crippen LogP contribution in [0, 0.1) is 3.57 Å². The van der Waals surface area contributed by atoms with E-state index in [0.717, 1.165) is 13.6 Å². The predicted octanol–water partition coefficient (Wildman–Crippen LogP) is 5.38. The zero-order chi connectivity index (χ0) is 26.0. The highest BCUT2D eigenvalue weighted by molar-refractivity contribution is 14.1. The normalized spacial score (nSPS) is 15.4. The summed E-state index contributed by atoms with van der Waals surface area (Å²) in [7, 11) is 0. The molecule has 0 amide bonds. The molecular weight excluding hydrogens is 679 g/mol. The average molecular weight is 700 g/mol. The molecule has 186 valence electrons. The van der Waals surface area contributed by atoms with E-state index in [-0.39, 0.29) is 17.7 Å². The molecule has 36 heavy (non-hydrogen) atoms. The Labute approximate surface area is 238 Å². The second-order valence-corrected chi connectivity index (χ2v) is 11.2. The van der Waals surface area contributed by atoms with E-state index in [9.17, 15) is 9.59 Å². The zero-order valence-corrected chi connectivity index (χ0v) is 24.7. The number of ether oxygens (including phenoxy) is 2. The Kier molecular flexibility index (Phi) is 8.54. The summed E-state index contributed by atoms with van der Waals surface area (Å²) < 4.78 is 14.9. The number of carbonyl (C=O) groups is 1. The molecule has 1 atom stereocenters. The Balaban J connectivity index is 1.98. The van der Waals surface area contributed by atoms with Crippen molar-refractivity contribution in [2.45, 2.75) is 19.9 Å². The van der Waals surface area contributed by atoms with Gasteiger partial charge in [0.2, 0.25) is 0 Å².